The van der Waals surface area contributed by atoms with Crippen LogP contribution in [0.15, 0.2) is 42.5 Å². The van der Waals surface area contributed by atoms with E-state index >= 15 is 0 Å². The number of aliphatic carboxylic acids is 1. The maximum Gasteiger partial charge on any atom is 0.310 e. The largest absolute Gasteiger partial charge is 0.481 e. The van der Waals surface area contributed by atoms with Crippen LogP contribution in [0.4, 0.5) is 0 Å². The van der Waals surface area contributed by atoms with E-state index in [-0.39, 0.29) is 11.9 Å². The van der Waals surface area contributed by atoms with Gasteiger partial charge in [0, 0.05) is 0 Å². The third-order valence-corrected chi connectivity index (χ3v) is 5.14. The van der Waals surface area contributed by atoms with Gasteiger partial charge in [0.2, 0.25) is 0 Å². The number of benzene rings is 2. The van der Waals surface area contributed by atoms with Gasteiger partial charge in [0.15, 0.2) is 0 Å². The molecule has 0 aliphatic heterocycles. The molecule has 0 radical (unpaired) electrons. The second-order valence-electron chi connectivity index (χ2n) is 6.87. The standard InChI is InChI=1S/C21H24O4/c1-2-3-10-25-21(24)19-17(13-18(19)20(22)23)12-14-8-9-15-6-4-5-7-16(15)11-14/h4-9,11,17-19H,2-3,10,12-13H2,1H3,(H,22,23). The monoisotopic (exact) mass is 340 g/mol. The van der Waals surface area contributed by atoms with E-state index in [0.717, 1.165) is 23.8 Å². The Morgan fingerprint density at radius 1 is 1.16 bits per heavy atom. The Balaban J connectivity index is 1.71. The van der Waals surface area contributed by atoms with E-state index in [1.807, 2.05) is 19.1 Å². The third kappa shape index (κ3) is 3.84. The number of esters is 1. The molecular formula is C21H24O4. The van der Waals surface area contributed by atoms with E-state index in [0.29, 0.717) is 19.4 Å². The van der Waals surface area contributed by atoms with Gasteiger partial charge < -0.3 is 9.84 Å². The lowest BCUT2D eigenvalue weighted by Gasteiger charge is -2.40. The predicted octanol–water partition coefficient (Wildman–Crippen LogP) is 4.06. The summed E-state index contributed by atoms with van der Waals surface area (Å²) in [5.74, 6) is -2.35. The number of carbonyl (C=O) groups is 2. The molecule has 3 atom stereocenters. The lowest BCUT2D eigenvalue weighted by molar-refractivity contribution is -0.170. The number of fused-ring (bicyclic) bond motifs is 1. The maximum absolute atomic E-state index is 12.3. The van der Waals surface area contributed by atoms with E-state index in [1.54, 1.807) is 0 Å². The van der Waals surface area contributed by atoms with Crippen molar-refractivity contribution in [2.45, 2.75) is 32.6 Å². The highest BCUT2D eigenvalue weighted by atomic mass is 16.5. The Hall–Kier alpha value is -2.36. The normalized spacial score (nSPS) is 22.4. The summed E-state index contributed by atoms with van der Waals surface area (Å²) in [7, 11) is 0. The average molecular weight is 340 g/mol. The second kappa shape index (κ2) is 7.68. The van der Waals surface area contributed by atoms with E-state index in [4.69, 9.17) is 4.74 Å². The Morgan fingerprint density at radius 3 is 2.64 bits per heavy atom. The molecule has 4 nitrogen and oxygen atoms in total. The minimum absolute atomic E-state index is 0.0383. The van der Waals surface area contributed by atoms with Crippen molar-refractivity contribution in [3.8, 4) is 0 Å². The van der Waals surface area contributed by atoms with Gasteiger partial charge >= 0.3 is 11.9 Å². The fourth-order valence-electron chi connectivity index (χ4n) is 3.66. The minimum atomic E-state index is -0.896. The van der Waals surface area contributed by atoms with Crippen LogP contribution in [0.25, 0.3) is 10.8 Å². The average Bonchev–Trinajstić information content (AvgIpc) is 2.58. The van der Waals surface area contributed by atoms with E-state index < -0.39 is 17.8 Å². The lowest BCUT2D eigenvalue weighted by atomic mass is 9.62. The maximum atomic E-state index is 12.3. The summed E-state index contributed by atoms with van der Waals surface area (Å²) in [6.45, 7) is 2.40. The summed E-state index contributed by atoms with van der Waals surface area (Å²) in [6, 6.07) is 14.4. The lowest BCUT2D eigenvalue weighted by Crippen LogP contribution is -2.47. The van der Waals surface area contributed by atoms with Gasteiger partial charge in [0.05, 0.1) is 18.4 Å². The van der Waals surface area contributed by atoms with Gasteiger partial charge in [0.25, 0.3) is 0 Å². The van der Waals surface area contributed by atoms with Crippen LogP contribution in [0, 0.1) is 17.8 Å². The molecule has 2 aromatic rings. The predicted molar refractivity (Wildman–Crippen MR) is 96.2 cm³/mol. The van der Waals surface area contributed by atoms with Crippen molar-refractivity contribution in [1.29, 1.82) is 0 Å². The summed E-state index contributed by atoms with van der Waals surface area (Å²) in [5, 5.41) is 11.7. The number of carboxylic acids is 1. The summed E-state index contributed by atoms with van der Waals surface area (Å²) >= 11 is 0. The number of hydrogen-bond donors (Lipinski definition) is 1. The summed E-state index contributed by atoms with van der Waals surface area (Å²) < 4.78 is 5.30. The Bertz CT molecular complexity index is 767. The van der Waals surface area contributed by atoms with Gasteiger partial charge in [-0.05, 0) is 41.5 Å². The van der Waals surface area contributed by atoms with Crippen molar-refractivity contribution < 1.29 is 19.4 Å². The number of rotatable bonds is 7. The van der Waals surface area contributed by atoms with Gasteiger partial charge in [-0.25, -0.2) is 0 Å². The van der Waals surface area contributed by atoms with Gasteiger partial charge in [0.1, 0.15) is 0 Å². The molecule has 1 fully saturated rings. The first kappa shape index (κ1) is 17.5. The number of unbranched alkanes of at least 4 members (excludes halogenated alkanes) is 1. The zero-order valence-corrected chi connectivity index (χ0v) is 14.5. The Labute approximate surface area is 147 Å². The van der Waals surface area contributed by atoms with Crippen molar-refractivity contribution in [2.75, 3.05) is 6.61 Å². The molecule has 1 aliphatic carbocycles. The van der Waals surface area contributed by atoms with Gasteiger partial charge in [-0.2, -0.15) is 0 Å². The first-order valence-electron chi connectivity index (χ1n) is 8.97. The van der Waals surface area contributed by atoms with Crippen LogP contribution >= 0.6 is 0 Å². The van der Waals surface area contributed by atoms with Gasteiger partial charge in [-0.3, -0.25) is 9.59 Å². The molecule has 0 spiro atoms. The van der Waals surface area contributed by atoms with Crippen LogP contribution in [0.2, 0.25) is 0 Å². The van der Waals surface area contributed by atoms with Gasteiger partial charge in [-0.1, -0.05) is 55.8 Å². The highest BCUT2D eigenvalue weighted by molar-refractivity contribution is 5.84. The van der Waals surface area contributed by atoms with Crippen LogP contribution in [0.1, 0.15) is 31.7 Å². The molecule has 2 aromatic carbocycles. The first-order chi connectivity index (χ1) is 12.1. The zero-order valence-electron chi connectivity index (χ0n) is 14.5. The molecule has 3 rings (SSSR count). The molecule has 1 saturated carbocycles. The molecule has 0 amide bonds. The fraction of sp³-hybridized carbons (Fsp3) is 0.429. The number of carboxylic acid groups (broad SMARTS) is 1. The second-order valence-corrected chi connectivity index (χ2v) is 6.87. The Kier molecular flexibility index (Phi) is 5.37. The number of carbonyl (C=O) groups excluding carboxylic acids is 1. The molecule has 0 aromatic heterocycles. The topological polar surface area (TPSA) is 63.6 Å². The van der Waals surface area contributed by atoms with Crippen molar-refractivity contribution in [3.63, 3.8) is 0 Å². The molecule has 0 bridgehead atoms. The highest BCUT2D eigenvalue weighted by Crippen LogP contribution is 2.43. The van der Waals surface area contributed by atoms with E-state index in [1.165, 1.54) is 5.39 Å². The molecule has 25 heavy (non-hydrogen) atoms. The van der Waals surface area contributed by atoms with Crippen molar-refractivity contribution in [1.82, 2.24) is 0 Å². The van der Waals surface area contributed by atoms with Crippen LogP contribution in [0.5, 0.6) is 0 Å². The van der Waals surface area contributed by atoms with Crippen LogP contribution in [-0.2, 0) is 20.7 Å². The van der Waals surface area contributed by atoms with Crippen molar-refractivity contribution in [3.05, 3.63) is 48.0 Å². The van der Waals surface area contributed by atoms with E-state index in [9.17, 15) is 14.7 Å². The summed E-state index contributed by atoms with van der Waals surface area (Å²) in [4.78, 5) is 23.7. The number of hydrogen-bond acceptors (Lipinski definition) is 3. The molecule has 1 aliphatic rings. The molecule has 3 unspecified atom stereocenters. The third-order valence-electron chi connectivity index (χ3n) is 5.14. The molecule has 4 heteroatoms. The van der Waals surface area contributed by atoms with Crippen molar-refractivity contribution >= 4 is 22.7 Å². The summed E-state index contributed by atoms with van der Waals surface area (Å²) in [6.07, 6.45) is 3.00. The molecule has 0 saturated heterocycles. The molecule has 0 heterocycles. The van der Waals surface area contributed by atoms with Crippen LogP contribution < -0.4 is 0 Å². The molecule has 132 valence electrons. The zero-order chi connectivity index (χ0) is 17.8. The first-order valence-corrected chi connectivity index (χ1v) is 8.97. The fourth-order valence-corrected chi connectivity index (χ4v) is 3.66. The minimum Gasteiger partial charge on any atom is -0.481 e. The van der Waals surface area contributed by atoms with E-state index in [2.05, 4.69) is 30.3 Å². The van der Waals surface area contributed by atoms with Crippen molar-refractivity contribution in [2.24, 2.45) is 17.8 Å². The van der Waals surface area contributed by atoms with Crippen LogP contribution in [0.3, 0.4) is 0 Å². The van der Waals surface area contributed by atoms with Gasteiger partial charge in [-0.15, -0.1) is 0 Å². The quantitative estimate of drug-likeness (QED) is 0.610. The molecule has 1 N–H and O–H groups in total. The molecular weight excluding hydrogens is 316 g/mol. The number of ether oxygens (including phenoxy) is 1. The SMILES string of the molecule is CCCCOC(=O)C1C(Cc2ccc3ccccc3c2)CC1C(=O)O. The highest BCUT2D eigenvalue weighted by Gasteiger charge is 2.50. The smallest absolute Gasteiger partial charge is 0.310 e. The van der Waals surface area contributed by atoms with Crippen LogP contribution in [-0.4, -0.2) is 23.7 Å². The Morgan fingerprint density at radius 2 is 1.92 bits per heavy atom. The summed E-state index contributed by atoms with van der Waals surface area (Å²) in [5.41, 5.74) is 1.14.